The molecular weight excluding hydrogens is 246 g/mol. The Kier molecular flexibility index (Phi) is 1.82. The van der Waals surface area contributed by atoms with Gasteiger partial charge in [0.1, 0.15) is 6.10 Å². The number of carbonyl (C=O) groups is 3. The van der Waals surface area contributed by atoms with E-state index in [1.165, 1.54) is 0 Å². The van der Waals surface area contributed by atoms with Crippen LogP contribution in [0.4, 0.5) is 0 Å². The molecule has 1 saturated heterocycles. The number of carbonyl (C=O) groups excluding carboxylic acids is 3. The van der Waals surface area contributed by atoms with Crippen LogP contribution in [0.25, 0.3) is 0 Å². The Labute approximate surface area is 109 Å². The summed E-state index contributed by atoms with van der Waals surface area (Å²) in [5.41, 5.74) is -0.298. The summed E-state index contributed by atoms with van der Waals surface area (Å²) in [4.78, 5) is 38.0. The lowest BCUT2D eigenvalue weighted by Gasteiger charge is -2.31. The Hall–Kier alpha value is -2.17. The molecular formula is C14H11NO4. The first kappa shape index (κ1) is 10.7. The van der Waals surface area contributed by atoms with Gasteiger partial charge in [0.05, 0.1) is 11.1 Å². The number of benzene rings is 1. The zero-order chi connectivity index (χ0) is 13.2. The molecule has 2 aliphatic heterocycles. The molecule has 4 rings (SSSR count). The van der Waals surface area contributed by atoms with Gasteiger partial charge in [-0.25, -0.2) is 4.79 Å². The SMILES string of the molecule is O=C1c2ccccc2C(=O)N1[C@]12CC[C@H](C1)OC2=O. The molecule has 0 unspecified atom stereocenters. The van der Waals surface area contributed by atoms with Crippen molar-refractivity contribution in [2.24, 2.45) is 0 Å². The van der Waals surface area contributed by atoms with Gasteiger partial charge in [0.2, 0.25) is 0 Å². The summed E-state index contributed by atoms with van der Waals surface area (Å²) in [6, 6.07) is 6.68. The van der Waals surface area contributed by atoms with Crippen LogP contribution in [0.3, 0.4) is 0 Å². The van der Waals surface area contributed by atoms with Gasteiger partial charge in [0.25, 0.3) is 11.8 Å². The summed E-state index contributed by atoms with van der Waals surface area (Å²) in [5.74, 6) is -1.18. The number of rotatable bonds is 1. The maximum Gasteiger partial charge on any atom is 0.333 e. The van der Waals surface area contributed by atoms with Crippen LogP contribution in [-0.4, -0.2) is 34.3 Å². The maximum atomic E-state index is 12.4. The Balaban J connectivity index is 1.85. The lowest BCUT2D eigenvalue weighted by molar-refractivity contribution is -0.152. The molecule has 0 N–H and O–H groups in total. The molecule has 0 spiro atoms. The molecule has 19 heavy (non-hydrogen) atoms. The summed E-state index contributed by atoms with van der Waals surface area (Å²) in [6.45, 7) is 0. The summed E-state index contributed by atoms with van der Waals surface area (Å²) in [6.07, 6.45) is 1.54. The predicted octanol–water partition coefficient (Wildman–Crippen LogP) is 1.13. The van der Waals surface area contributed by atoms with Gasteiger partial charge >= 0.3 is 5.97 Å². The van der Waals surface area contributed by atoms with E-state index in [0.717, 1.165) is 11.3 Å². The monoisotopic (exact) mass is 257 g/mol. The molecule has 1 aromatic rings. The predicted molar refractivity (Wildman–Crippen MR) is 63.4 cm³/mol. The minimum absolute atomic E-state index is 0.142. The zero-order valence-corrected chi connectivity index (χ0v) is 10.1. The standard InChI is InChI=1S/C14H11NO4/c16-11-9-3-1-2-4-10(9)12(17)15(11)14-6-5-8(7-14)19-13(14)18/h1-4,8H,5-7H2/t8-,14-/m1/s1. The second-order valence-corrected chi connectivity index (χ2v) is 5.29. The highest BCUT2D eigenvalue weighted by atomic mass is 16.6. The van der Waals surface area contributed by atoms with Crippen molar-refractivity contribution in [2.75, 3.05) is 0 Å². The maximum absolute atomic E-state index is 12.4. The molecule has 5 nitrogen and oxygen atoms in total. The average Bonchev–Trinajstić information content (AvgIpc) is 3.02. The van der Waals surface area contributed by atoms with Gasteiger partial charge in [-0.15, -0.1) is 0 Å². The smallest absolute Gasteiger partial charge is 0.333 e. The van der Waals surface area contributed by atoms with Gasteiger partial charge in [-0.05, 0) is 25.0 Å². The number of fused-ring (bicyclic) bond motifs is 3. The third-order valence-corrected chi connectivity index (χ3v) is 4.32. The number of hydrogen-bond donors (Lipinski definition) is 0. The number of amides is 2. The first-order chi connectivity index (χ1) is 9.13. The number of ether oxygens (including phenoxy) is 1. The van der Waals surface area contributed by atoms with Crippen molar-refractivity contribution in [3.63, 3.8) is 0 Å². The Morgan fingerprint density at radius 3 is 2.21 bits per heavy atom. The molecule has 1 saturated carbocycles. The molecule has 2 bridgehead atoms. The van der Waals surface area contributed by atoms with Gasteiger partial charge in [-0.1, -0.05) is 12.1 Å². The first-order valence-corrected chi connectivity index (χ1v) is 6.32. The topological polar surface area (TPSA) is 63.7 Å². The number of nitrogens with zero attached hydrogens (tertiary/aromatic N) is 1. The zero-order valence-electron chi connectivity index (χ0n) is 10.1. The van der Waals surface area contributed by atoms with Crippen molar-refractivity contribution < 1.29 is 19.1 Å². The fourth-order valence-electron chi connectivity index (χ4n) is 3.40. The molecule has 1 aliphatic carbocycles. The van der Waals surface area contributed by atoms with Gasteiger partial charge in [0.15, 0.2) is 5.54 Å². The molecule has 0 radical (unpaired) electrons. The quantitative estimate of drug-likeness (QED) is 0.559. The number of esters is 1. The van der Waals surface area contributed by atoms with E-state index in [0.29, 0.717) is 24.0 Å². The van der Waals surface area contributed by atoms with E-state index < -0.39 is 11.5 Å². The van der Waals surface area contributed by atoms with Crippen molar-refractivity contribution in [1.29, 1.82) is 0 Å². The summed E-state index contributed by atoms with van der Waals surface area (Å²) >= 11 is 0. The number of hydrogen-bond acceptors (Lipinski definition) is 4. The van der Waals surface area contributed by atoms with E-state index in [-0.39, 0.29) is 17.9 Å². The molecule has 0 aromatic heterocycles. The molecule has 96 valence electrons. The third kappa shape index (κ3) is 1.13. The first-order valence-electron chi connectivity index (χ1n) is 6.32. The van der Waals surface area contributed by atoms with Crippen LogP contribution in [0.2, 0.25) is 0 Å². The summed E-state index contributed by atoms with van der Waals surface area (Å²) in [7, 11) is 0. The van der Waals surface area contributed by atoms with Gasteiger partial charge in [0, 0.05) is 6.42 Å². The van der Waals surface area contributed by atoms with Gasteiger partial charge in [-0.3, -0.25) is 14.5 Å². The second-order valence-electron chi connectivity index (χ2n) is 5.29. The van der Waals surface area contributed by atoms with Crippen LogP contribution in [0.1, 0.15) is 40.0 Å². The molecule has 1 aromatic carbocycles. The Bertz CT molecular complexity index is 603. The molecule has 3 aliphatic rings. The van der Waals surface area contributed by atoms with Crippen LogP contribution in [-0.2, 0) is 9.53 Å². The fourth-order valence-corrected chi connectivity index (χ4v) is 3.40. The minimum Gasteiger partial charge on any atom is -0.461 e. The van der Waals surface area contributed by atoms with Crippen LogP contribution >= 0.6 is 0 Å². The highest BCUT2D eigenvalue weighted by Crippen LogP contribution is 2.46. The van der Waals surface area contributed by atoms with Crippen LogP contribution in [0.15, 0.2) is 24.3 Å². The van der Waals surface area contributed by atoms with E-state index in [4.69, 9.17) is 4.74 Å². The highest BCUT2D eigenvalue weighted by molar-refractivity contribution is 6.23. The molecule has 2 heterocycles. The van der Waals surface area contributed by atoms with Crippen molar-refractivity contribution in [1.82, 2.24) is 4.90 Å². The van der Waals surface area contributed by atoms with E-state index in [9.17, 15) is 14.4 Å². The van der Waals surface area contributed by atoms with E-state index >= 15 is 0 Å². The normalized spacial score (nSPS) is 31.9. The molecule has 2 atom stereocenters. The van der Waals surface area contributed by atoms with Crippen LogP contribution in [0, 0.1) is 0 Å². The van der Waals surface area contributed by atoms with E-state index in [1.807, 2.05) is 0 Å². The van der Waals surface area contributed by atoms with Gasteiger partial charge in [-0.2, -0.15) is 0 Å². The number of imide groups is 1. The summed E-state index contributed by atoms with van der Waals surface area (Å²) in [5, 5.41) is 0. The van der Waals surface area contributed by atoms with E-state index in [2.05, 4.69) is 0 Å². The van der Waals surface area contributed by atoms with Crippen molar-refractivity contribution in [3.05, 3.63) is 35.4 Å². The lowest BCUT2D eigenvalue weighted by atomic mass is 9.96. The largest absolute Gasteiger partial charge is 0.461 e. The average molecular weight is 257 g/mol. The minimum atomic E-state index is -1.06. The molecule has 5 heteroatoms. The van der Waals surface area contributed by atoms with Crippen molar-refractivity contribution in [2.45, 2.75) is 30.9 Å². The Morgan fingerprint density at radius 1 is 1.11 bits per heavy atom. The highest BCUT2D eigenvalue weighted by Gasteiger charge is 2.62. The Morgan fingerprint density at radius 2 is 1.74 bits per heavy atom. The van der Waals surface area contributed by atoms with E-state index in [1.54, 1.807) is 24.3 Å². The second kappa shape index (κ2) is 3.23. The van der Waals surface area contributed by atoms with Crippen molar-refractivity contribution >= 4 is 17.8 Å². The van der Waals surface area contributed by atoms with Gasteiger partial charge < -0.3 is 4.74 Å². The lowest BCUT2D eigenvalue weighted by Crippen LogP contribution is -2.54. The van der Waals surface area contributed by atoms with Crippen LogP contribution in [0.5, 0.6) is 0 Å². The van der Waals surface area contributed by atoms with Crippen LogP contribution < -0.4 is 0 Å². The molecule has 2 fully saturated rings. The fraction of sp³-hybridized carbons (Fsp3) is 0.357. The molecule has 2 amide bonds. The third-order valence-electron chi connectivity index (χ3n) is 4.32. The van der Waals surface area contributed by atoms with Crippen molar-refractivity contribution in [3.8, 4) is 0 Å². The summed E-state index contributed by atoms with van der Waals surface area (Å²) < 4.78 is 5.19.